The molecule has 7 nitrogen and oxygen atoms in total. The maximum absolute atomic E-state index is 13.8. The Balaban J connectivity index is 2.10. The Kier molecular flexibility index (Phi) is 9.59. The van der Waals surface area contributed by atoms with Crippen molar-refractivity contribution < 1.29 is 18.0 Å². The standard InChI is InChI=1S/C27H29Cl2N3O4S/c1-4-23(27(34)30-3)31(17-20-9-6-5-7-10-20)25(33)18-32(24-12-8-11-22(28)26(24)29)37(35,36)21-15-13-19(2)14-16-21/h5-16,23H,4,17-18H2,1-3H3,(H,30,34). The molecule has 0 radical (unpaired) electrons. The molecule has 0 saturated heterocycles. The van der Waals surface area contributed by atoms with Gasteiger partial charge in [-0.05, 0) is 43.2 Å². The highest BCUT2D eigenvalue weighted by Gasteiger charge is 2.34. The van der Waals surface area contributed by atoms with Crippen LogP contribution in [-0.2, 0) is 26.2 Å². The van der Waals surface area contributed by atoms with Crippen molar-refractivity contribution in [3.63, 3.8) is 0 Å². The Hall–Kier alpha value is -3.07. The second-order valence-corrected chi connectivity index (χ2v) is 11.1. The molecule has 0 aliphatic heterocycles. The molecule has 196 valence electrons. The van der Waals surface area contributed by atoms with Crippen LogP contribution in [0.25, 0.3) is 0 Å². The first-order valence-corrected chi connectivity index (χ1v) is 13.9. The molecule has 3 aromatic carbocycles. The number of nitrogens with zero attached hydrogens (tertiary/aromatic N) is 2. The van der Waals surface area contributed by atoms with Crippen LogP contribution in [0.5, 0.6) is 0 Å². The lowest BCUT2D eigenvalue weighted by Gasteiger charge is -2.33. The predicted molar refractivity (Wildman–Crippen MR) is 147 cm³/mol. The first-order valence-electron chi connectivity index (χ1n) is 11.7. The van der Waals surface area contributed by atoms with E-state index in [-0.39, 0.29) is 33.1 Å². The van der Waals surface area contributed by atoms with Crippen LogP contribution in [0.4, 0.5) is 5.69 Å². The minimum Gasteiger partial charge on any atom is -0.357 e. The van der Waals surface area contributed by atoms with E-state index in [4.69, 9.17) is 23.2 Å². The Morgan fingerprint density at radius 3 is 2.19 bits per heavy atom. The van der Waals surface area contributed by atoms with E-state index in [1.165, 1.54) is 36.2 Å². The van der Waals surface area contributed by atoms with Crippen LogP contribution in [0.1, 0.15) is 24.5 Å². The quantitative estimate of drug-likeness (QED) is 0.375. The third kappa shape index (κ3) is 6.63. The number of benzene rings is 3. The summed E-state index contributed by atoms with van der Waals surface area (Å²) in [6.07, 6.45) is 0.334. The summed E-state index contributed by atoms with van der Waals surface area (Å²) in [7, 11) is -2.73. The lowest BCUT2D eigenvalue weighted by molar-refractivity contribution is -0.140. The lowest BCUT2D eigenvalue weighted by atomic mass is 10.1. The van der Waals surface area contributed by atoms with Gasteiger partial charge in [-0.25, -0.2) is 8.42 Å². The van der Waals surface area contributed by atoms with Crippen LogP contribution >= 0.6 is 23.2 Å². The van der Waals surface area contributed by atoms with E-state index in [9.17, 15) is 18.0 Å². The molecule has 0 bridgehead atoms. The molecule has 37 heavy (non-hydrogen) atoms. The van der Waals surface area contributed by atoms with Crippen molar-refractivity contribution in [2.75, 3.05) is 17.9 Å². The van der Waals surface area contributed by atoms with Gasteiger partial charge in [-0.2, -0.15) is 0 Å². The number of halogens is 2. The van der Waals surface area contributed by atoms with Crippen molar-refractivity contribution in [3.05, 3.63) is 94.0 Å². The van der Waals surface area contributed by atoms with Gasteiger partial charge in [-0.3, -0.25) is 13.9 Å². The number of amides is 2. The second-order valence-electron chi connectivity index (χ2n) is 8.44. The van der Waals surface area contributed by atoms with E-state index in [1.54, 1.807) is 25.1 Å². The van der Waals surface area contributed by atoms with Crippen molar-refractivity contribution in [2.24, 2.45) is 0 Å². The van der Waals surface area contributed by atoms with Gasteiger partial charge in [0.2, 0.25) is 11.8 Å². The van der Waals surface area contributed by atoms with Crippen LogP contribution in [0.2, 0.25) is 10.0 Å². The monoisotopic (exact) mass is 561 g/mol. The lowest BCUT2D eigenvalue weighted by Crippen LogP contribution is -2.51. The van der Waals surface area contributed by atoms with Crippen molar-refractivity contribution in [1.29, 1.82) is 0 Å². The molecular weight excluding hydrogens is 533 g/mol. The van der Waals surface area contributed by atoms with E-state index in [0.717, 1.165) is 15.4 Å². The SMILES string of the molecule is CCC(C(=O)NC)N(Cc1ccccc1)C(=O)CN(c1cccc(Cl)c1Cl)S(=O)(=O)c1ccc(C)cc1. The van der Waals surface area contributed by atoms with E-state index in [1.807, 2.05) is 37.3 Å². The smallest absolute Gasteiger partial charge is 0.264 e. The fourth-order valence-electron chi connectivity index (χ4n) is 3.90. The topological polar surface area (TPSA) is 86.8 Å². The molecular formula is C27H29Cl2N3O4S. The highest BCUT2D eigenvalue weighted by Crippen LogP contribution is 2.35. The Bertz CT molecular complexity index is 1350. The second kappa shape index (κ2) is 12.4. The molecule has 0 spiro atoms. The number of hydrogen-bond acceptors (Lipinski definition) is 4. The van der Waals surface area contributed by atoms with Gasteiger partial charge in [-0.1, -0.05) is 84.2 Å². The van der Waals surface area contributed by atoms with Crippen molar-refractivity contribution >= 4 is 50.7 Å². The van der Waals surface area contributed by atoms with Gasteiger partial charge < -0.3 is 10.2 Å². The molecule has 3 rings (SSSR count). The molecule has 0 aliphatic rings. The first-order chi connectivity index (χ1) is 17.6. The number of rotatable bonds is 10. The maximum atomic E-state index is 13.8. The summed E-state index contributed by atoms with van der Waals surface area (Å²) in [4.78, 5) is 27.9. The highest BCUT2D eigenvalue weighted by atomic mass is 35.5. The number of hydrogen-bond donors (Lipinski definition) is 1. The molecule has 1 atom stereocenters. The van der Waals surface area contributed by atoms with Crippen LogP contribution in [0, 0.1) is 6.92 Å². The third-order valence-corrected chi connectivity index (χ3v) is 8.50. The summed E-state index contributed by atoms with van der Waals surface area (Å²) >= 11 is 12.6. The number of nitrogens with one attached hydrogen (secondary N) is 1. The van der Waals surface area contributed by atoms with E-state index in [0.29, 0.717) is 6.42 Å². The molecule has 0 saturated carbocycles. The van der Waals surface area contributed by atoms with Crippen LogP contribution < -0.4 is 9.62 Å². The number of anilines is 1. The zero-order valence-electron chi connectivity index (χ0n) is 20.8. The summed E-state index contributed by atoms with van der Waals surface area (Å²) in [5.74, 6) is -0.911. The van der Waals surface area contributed by atoms with Gasteiger partial charge >= 0.3 is 0 Å². The Morgan fingerprint density at radius 1 is 0.946 bits per heavy atom. The van der Waals surface area contributed by atoms with Crippen molar-refractivity contribution in [1.82, 2.24) is 10.2 Å². The summed E-state index contributed by atoms with van der Waals surface area (Å²) in [5, 5.41) is 2.74. The van der Waals surface area contributed by atoms with E-state index in [2.05, 4.69) is 5.32 Å². The maximum Gasteiger partial charge on any atom is 0.264 e. The largest absolute Gasteiger partial charge is 0.357 e. The molecule has 0 fully saturated rings. The van der Waals surface area contributed by atoms with Crippen LogP contribution in [0.15, 0.2) is 77.7 Å². The number of aryl methyl sites for hydroxylation is 1. The molecule has 2 amide bonds. The average molecular weight is 563 g/mol. The molecule has 1 N–H and O–H groups in total. The molecule has 0 heterocycles. The van der Waals surface area contributed by atoms with Gasteiger partial charge in [0.25, 0.3) is 10.0 Å². The summed E-state index contributed by atoms with van der Waals surface area (Å²) in [6.45, 7) is 3.17. The molecule has 10 heteroatoms. The molecule has 3 aromatic rings. The fourth-order valence-corrected chi connectivity index (χ4v) is 5.78. The van der Waals surface area contributed by atoms with E-state index < -0.39 is 28.5 Å². The minimum atomic E-state index is -4.23. The fraction of sp³-hybridized carbons (Fsp3) is 0.259. The third-order valence-electron chi connectivity index (χ3n) is 5.92. The predicted octanol–water partition coefficient (Wildman–Crippen LogP) is 5.05. The number of sulfonamides is 1. The van der Waals surface area contributed by atoms with E-state index >= 15 is 0 Å². The molecule has 1 unspecified atom stereocenters. The zero-order valence-corrected chi connectivity index (χ0v) is 23.1. The van der Waals surface area contributed by atoms with Gasteiger partial charge in [0.05, 0.1) is 20.6 Å². The summed E-state index contributed by atoms with van der Waals surface area (Å²) < 4.78 is 28.6. The first kappa shape index (κ1) is 28.5. The number of carbonyl (C=O) groups is 2. The van der Waals surface area contributed by atoms with Gasteiger partial charge in [0.15, 0.2) is 0 Å². The number of carbonyl (C=O) groups excluding carboxylic acids is 2. The highest BCUT2D eigenvalue weighted by molar-refractivity contribution is 7.92. The summed E-state index contributed by atoms with van der Waals surface area (Å²) in [6, 6.07) is 19.3. The zero-order chi connectivity index (χ0) is 27.2. The Labute approximate surface area is 228 Å². The van der Waals surface area contributed by atoms with Gasteiger partial charge in [0, 0.05) is 13.6 Å². The van der Waals surface area contributed by atoms with Gasteiger partial charge in [0.1, 0.15) is 12.6 Å². The number of likely N-dealkylation sites (N-methyl/N-ethyl adjacent to an activating group) is 1. The van der Waals surface area contributed by atoms with Crippen LogP contribution in [-0.4, -0.2) is 44.8 Å². The molecule has 0 aromatic heterocycles. The van der Waals surface area contributed by atoms with Crippen LogP contribution in [0.3, 0.4) is 0 Å². The van der Waals surface area contributed by atoms with Gasteiger partial charge in [-0.15, -0.1) is 0 Å². The summed E-state index contributed by atoms with van der Waals surface area (Å²) in [5.41, 5.74) is 1.75. The van der Waals surface area contributed by atoms with Crippen molar-refractivity contribution in [2.45, 2.75) is 37.8 Å². The minimum absolute atomic E-state index is 0.000561. The van der Waals surface area contributed by atoms with Crippen molar-refractivity contribution in [3.8, 4) is 0 Å². The Morgan fingerprint density at radius 2 is 1.59 bits per heavy atom. The average Bonchev–Trinajstić information content (AvgIpc) is 2.89. The molecule has 0 aliphatic carbocycles. The normalized spacial score (nSPS) is 12.0.